The van der Waals surface area contributed by atoms with Gasteiger partial charge in [-0.3, -0.25) is 5.01 Å². The van der Waals surface area contributed by atoms with Gasteiger partial charge in [-0.15, -0.1) is 0 Å². The summed E-state index contributed by atoms with van der Waals surface area (Å²) in [6.45, 7) is 11.2. The fourth-order valence-corrected chi connectivity index (χ4v) is 3.91. The third-order valence-electron chi connectivity index (χ3n) is 5.90. The van der Waals surface area contributed by atoms with Crippen LogP contribution in [0.25, 0.3) is 0 Å². The first-order valence-corrected chi connectivity index (χ1v) is 10.7. The van der Waals surface area contributed by atoms with E-state index >= 15 is 0 Å². The van der Waals surface area contributed by atoms with E-state index in [9.17, 15) is 0 Å². The van der Waals surface area contributed by atoms with Crippen molar-refractivity contribution < 1.29 is 0 Å². The molecule has 150 valence electrons. The number of piperazine rings is 1. The standard InChI is InChI=1S/C22H37N5/c1-20-6-3-4-12-26(20)13-5-11-23-18-21-7-9-22(10-8-21)19-24-27-16-14-25(2)15-17-27/h7-10,19-20,23H,3-6,11-18H2,1-2H3. The van der Waals surface area contributed by atoms with E-state index < -0.39 is 0 Å². The van der Waals surface area contributed by atoms with Crippen LogP contribution < -0.4 is 5.32 Å². The van der Waals surface area contributed by atoms with E-state index in [1.165, 1.54) is 49.9 Å². The van der Waals surface area contributed by atoms with Crippen molar-refractivity contribution in [1.29, 1.82) is 0 Å². The van der Waals surface area contributed by atoms with E-state index in [1.807, 2.05) is 6.21 Å². The molecular formula is C22H37N5. The Morgan fingerprint density at radius 2 is 1.85 bits per heavy atom. The van der Waals surface area contributed by atoms with E-state index in [-0.39, 0.29) is 0 Å². The molecule has 0 bridgehead atoms. The van der Waals surface area contributed by atoms with Gasteiger partial charge in [-0.25, -0.2) is 0 Å². The maximum atomic E-state index is 4.62. The highest BCUT2D eigenvalue weighted by molar-refractivity contribution is 5.79. The van der Waals surface area contributed by atoms with Crippen molar-refractivity contribution in [3.05, 3.63) is 35.4 Å². The molecule has 1 N–H and O–H groups in total. The number of nitrogens with one attached hydrogen (secondary N) is 1. The largest absolute Gasteiger partial charge is 0.313 e. The summed E-state index contributed by atoms with van der Waals surface area (Å²) in [6, 6.07) is 9.55. The van der Waals surface area contributed by atoms with Gasteiger partial charge in [0.15, 0.2) is 0 Å². The van der Waals surface area contributed by atoms with Crippen LogP contribution in [0.3, 0.4) is 0 Å². The van der Waals surface area contributed by atoms with Crippen LogP contribution in [0.5, 0.6) is 0 Å². The van der Waals surface area contributed by atoms with Crippen LogP contribution in [-0.2, 0) is 6.54 Å². The zero-order valence-corrected chi connectivity index (χ0v) is 17.2. The lowest BCUT2D eigenvalue weighted by Gasteiger charge is -2.33. The molecule has 1 unspecified atom stereocenters. The van der Waals surface area contributed by atoms with Gasteiger partial charge < -0.3 is 15.1 Å². The van der Waals surface area contributed by atoms with Crippen LogP contribution in [0.4, 0.5) is 0 Å². The summed E-state index contributed by atoms with van der Waals surface area (Å²) >= 11 is 0. The molecule has 3 rings (SSSR count). The number of hydrogen-bond acceptors (Lipinski definition) is 5. The average Bonchev–Trinajstić information content (AvgIpc) is 2.69. The van der Waals surface area contributed by atoms with Crippen LogP contribution in [-0.4, -0.2) is 79.9 Å². The number of benzene rings is 1. The molecule has 2 saturated heterocycles. The molecule has 1 atom stereocenters. The van der Waals surface area contributed by atoms with Gasteiger partial charge in [0.25, 0.3) is 0 Å². The zero-order chi connectivity index (χ0) is 18.9. The fraction of sp³-hybridized carbons (Fsp3) is 0.682. The summed E-state index contributed by atoms with van der Waals surface area (Å²) in [4.78, 5) is 5.00. The molecule has 5 nitrogen and oxygen atoms in total. The second-order valence-corrected chi connectivity index (χ2v) is 8.15. The molecule has 0 amide bonds. The third-order valence-corrected chi connectivity index (χ3v) is 5.90. The van der Waals surface area contributed by atoms with E-state index in [2.05, 4.69) is 63.5 Å². The minimum Gasteiger partial charge on any atom is -0.313 e. The molecule has 0 aliphatic carbocycles. The first kappa shape index (κ1) is 20.3. The maximum absolute atomic E-state index is 4.62. The minimum absolute atomic E-state index is 0.777. The Kier molecular flexibility index (Phi) is 8.11. The van der Waals surface area contributed by atoms with Crippen molar-refractivity contribution in [2.45, 2.75) is 45.2 Å². The van der Waals surface area contributed by atoms with Crippen molar-refractivity contribution in [1.82, 2.24) is 20.1 Å². The summed E-state index contributed by atoms with van der Waals surface area (Å²) in [5.74, 6) is 0. The molecule has 2 aliphatic heterocycles. The number of likely N-dealkylation sites (tertiary alicyclic amines) is 1. The van der Waals surface area contributed by atoms with Gasteiger partial charge in [-0.2, -0.15) is 5.10 Å². The Labute approximate surface area is 165 Å². The first-order chi connectivity index (χ1) is 13.2. The highest BCUT2D eigenvalue weighted by Gasteiger charge is 2.16. The molecule has 5 heteroatoms. The number of likely N-dealkylation sites (N-methyl/N-ethyl adjacent to an activating group) is 1. The topological polar surface area (TPSA) is 34.1 Å². The SMILES string of the molecule is CC1CCCCN1CCCNCc1ccc(C=NN2CCN(C)CC2)cc1. The Balaban J connectivity index is 1.32. The Hall–Kier alpha value is -1.43. The van der Waals surface area contributed by atoms with Crippen LogP contribution in [0.1, 0.15) is 43.7 Å². The lowest BCUT2D eigenvalue weighted by Crippen LogP contribution is -2.41. The molecule has 1 aromatic rings. The minimum atomic E-state index is 0.777. The van der Waals surface area contributed by atoms with Gasteiger partial charge in [-0.1, -0.05) is 30.7 Å². The Bertz CT molecular complexity index is 563. The number of nitrogens with zero attached hydrogens (tertiary/aromatic N) is 4. The summed E-state index contributed by atoms with van der Waals surface area (Å²) < 4.78 is 0. The summed E-state index contributed by atoms with van der Waals surface area (Å²) in [7, 11) is 2.17. The summed E-state index contributed by atoms with van der Waals surface area (Å²) in [6.07, 6.45) is 7.38. The van der Waals surface area contributed by atoms with Crippen molar-refractivity contribution >= 4 is 6.21 Å². The van der Waals surface area contributed by atoms with Crippen LogP contribution in [0.2, 0.25) is 0 Å². The van der Waals surface area contributed by atoms with Crippen LogP contribution >= 0.6 is 0 Å². The van der Waals surface area contributed by atoms with Crippen molar-refractivity contribution in [3.8, 4) is 0 Å². The maximum Gasteiger partial charge on any atom is 0.0542 e. The van der Waals surface area contributed by atoms with Gasteiger partial charge in [0, 0.05) is 38.8 Å². The molecule has 2 aliphatic rings. The number of hydrazone groups is 1. The van der Waals surface area contributed by atoms with E-state index in [1.54, 1.807) is 0 Å². The van der Waals surface area contributed by atoms with Gasteiger partial charge in [0.1, 0.15) is 0 Å². The fourth-order valence-electron chi connectivity index (χ4n) is 3.91. The second kappa shape index (κ2) is 10.8. The van der Waals surface area contributed by atoms with Crippen molar-refractivity contribution in [3.63, 3.8) is 0 Å². The lowest BCUT2D eigenvalue weighted by molar-refractivity contribution is 0.159. The van der Waals surface area contributed by atoms with Gasteiger partial charge in [0.05, 0.1) is 6.21 Å². The van der Waals surface area contributed by atoms with E-state index in [4.69, 9.17) is 0 Å². The van der Waals surface area contributed by atoms with Crippen LogP contribution in [0.15, 0.2) is 29.4 Å². The lowest BCUT2D eigenvalue weighted by atomic mass is 10.0. The molecular weight excluding hydrogens is 334 g/mol. The molecule has 2 fully saturated rings. The predicted octanol–water partition coefficient (Wildman–Crippen LogP) is 2.62. The molecule has 0 saturated carbocycles. The predicted molar refractivity (Wildman–Crippen MR) is 114 cm³/mol. The molecule has 0 radical (unpaired) electrons. The zero-order valence-electron chi connectivity index (χ0n) is 17.2. The van der Waals surface area contributed by atoms with Crippen LogP contribution in [0, 0.1) is 0 Å². The summed E-state index contributed by atoms with van der Waals surface area (Å²) in [5, 5.41) is 10.4. The average molecular weight is 372 g/mol. The summed E-state index contributed by atoms with van der Waals surface area (Å²) in [5.41, 5.74) is 2.52. The van der Waals surface area contributed by atoms with Crippen molar-refractivity contribution in [2.75, 3.05) is 52.9 Å². The smallest absolute Gasteiger partial charge is 0.0542 e. The van der Waals surface area contributed by atoms with Gasteiger partial charge >= 0.3 is 0 Å². The highest BCUT2D eigenvalue weighted by atomic mass is 15.5. The van der Waals surface area contributed by atoms with E-state index in [0.717, 1.165) is 45.3 Å². The Morgan fingerprint density at radius 1 is 1.07 bits per heavy atom. The third kappa shape index (κ3) is 6.91. The molecule has 0 aromatic heterocycles. The second-order valence-electron chi connectivity index (χ2n) is 8.15. The highest BCUT2D eigenvalue weighted by Crippen LogP contribution is 2.16. The molecule has 0 spiro atoms. The van der Waals surface area contributed by atoms with Gasteiger partial charge in [-0.05, 0) is 64.0 Å². The quantitative estimate of drug-likeness (QED) is 0.563. The Morgan fingerprint density at radius 3 is 2.59 bits per heavy atom. The molecule has 2 heterocycles. The molecule has 1 aromatic carbocycles. The molecule has 27 heavy (non-hydrogen) atoms. The van der Waals surface area contributed by atoms with Gasteiger partial charge in [0.2, 0.25) is 0 Å². The van der Waals surface area contributed by atoms with E-state index in [0.29, 0.717) is 0 Å². The normalized spacial score (nSPS) is 22.6. The monoisotopic (exact) mass is 371 g/mol. The number of piperidine rings is 1. The number of hydrogen-bond donors (Lipinski definition) is 1. The first-order valence-electron chi connectivity index (χ1n) is 10.7. The van der Waals surface area contributed by atoms with Crippen molar-refractivity contribution in [2.24, 2.45) is 5.10 Å². The number of rotatable bonds is 8.